The van der Waals surface area contributed by atoms with E-state index < -0.39 is 5.82 Å². The Morgan fingerprint density at radius 1 is 1.42 bits per heavy atom. The number of benzene rings is 1. The van der Waals surface area contributed by atoms with Crippen LogP contribution in [0.3, 0.4) is 0 Å². The molecule has 1 aromatic carbocycles. The van der Waals surface area contributed by atoms with E-state index in [0.29, 0.717) is 11.7 Å². The number of thioether (sulfide) groups is 1. The zero-order chi connectivity index (χ0) is 14.0. The summed E-state index contributed by atoms with van der Waals surface area (Å²) in [5.74, 6) is 0.559. The molecule has 0 radical (unpaired) electrons. The van der Waals surface area contributed by atoms with Crippen molar-refractivity contribution in [2.45, 2.75) is 30.8 Å². The molecule has 19 heavy (non-hydrogen) atoms. The fourth-order valence-electron chi connectivity index (χ4n) is 1.65. The van der Waals surface area contributed by atoms with E-state index in [9.17, 15) is 4.39 Å². The third-order valence-electron chi connectivity index (χ3n) is 2.56. The maximum Gasteiger partial charge on any atom is 0.222 e. The molecule has 1 aromatic heterocycles. The lowest BCUT2D eigenvalue weighted by Gasteiger charge is -2.11. The molecule has 7 heteroatoms. The molecule has 0 spiro atoms. The van der Waals surface area contributed by atoms with Gasteiger partial charge in [-0.3, -0.25) is 4.57 Å². The molecule has 2 aromatic rings. The highest BCUT2D eigenvalue weighted by Gasteiger charge is 2.13. The first kappa shape index (κ1) is 14.1. The van der Waals surface area contributed by atoms with Crippen LogP contribution < -0.4 is 5.73 Å². The fraction of sp³-hybridized carbons (Fsp3) is 0.333. The number of hydrogen-bond donors (Lipinski definition) is 1. The zero-order valence-electron chi connectivity index (χ0n) is 10.6. The zero-order valence-corrected chi connectivity index (χ0v) is 12.2. The molecule has 0 saturated heterocycles. The van der Waals surface area contributed by atoms with Gasteiger partial charge in [-0.15, -0.1) is 10.2 Å². The van der Waals surface area contributed by atoms with E-state index in [0.717, 1.165) is 10.7 Å². The first-order valence-electron chi connectivity index (χ1n) is 5.76. The average molecular weight is 301 g/mol. The summed E-state index contributed by atoms with van der Waals surface area (Å²) in [6.07, 6.45) is 0. The van der Waals surface area contributed by atoms with Crippen LogP contribution in [0, 0.1) is 5.82 Å². The molecular formula is C12H14ClFN4S. The third kappa shape index (κ3) is 3.19. The number of nitrogens with zero attached hydrogens (tertiary/aromatic N) is 3. The quantitative estimate of drug-likeness (QED) is 0.878. The van der Waals surface area contributed by atoms with Gasteiger partial charge in [-0.25, -0.2) is 4.39 Å². The summed E-state index contributed by atoms with van der Waals surface area (Å²) >= 11 is 7.11. The van der Waals surface area contributed by atoms with Crippen LogP contribution in [0.4, 0.5) is 10.3 Å². The van der Waals surface area contributed by atoms with Crippen molar-refractivity contribution in [1.29, 1.82) is 0 Å². The summed E-state index contributed by atoms with van der Waals surface area (Å²) in [7, 11) is 0. The highest BCUT2D eigenvalue weighted by atomic mass is 35.5. The topological polar surface area (TPSA) is 56.7 Å². The van der Waals surface area contributed by atoms with Gasteiger partial charge in [0, 0.05) is 11.8 Å². The van der Waals surface area contributed by atoms with E-state index >= 15 is 0 Å². The Hall–Kier alpha value is -1.27. The van der Waals surface area contributed by atoms with Gasteiger partial charge >= 0.3 is 0 Å². The van der Waals surface area contributed by atoms with Crippen LogP contribution >= 0.6 is 23.4 Å². The van der Waals surface area contributed by atoms with Gasteiger partial charge in [0.2, 0.25) is 5.95 Å². The van der Waals surface area contributed by atoms with Gasteiger partial charge in [-0.1, -0.05) is 29.4 Å². The van der Waals surface area contributed by atoms with Crippen LogP contribution in [0.2, 0.25) is 5.02 Å². The second-order valence-corrected chi connectivity index (χ2v) is 5.69. The molecule has 2 N–H and O–H groups in total. The molecule has 0 aliphatic carbocycles. The van der Waals surface area contributed by atoms with Gasteiger partial charge in [0.15, 0.2) is 5.16 Å². The minimum absolute atomic E-state index is 0.128. The summed E-state index contributed by atoms with van der Waals surface area (Å²) in [6, 6.07) is 4.94. The number of nitrogen functional groups attached to an aromatic ring is 1. The summed E-state index contributed by atoms with van der Waals surface area (Å²) in [4.78, 5) is 0. The predicted octanol–water partition coefficient (Wildman–Crippen LogP) is 3.53. The average Bonchev–Trinajstić information content (AvgIpc) is 2.72. The van der Waals surface area contributed by atoms with Crippen molar-refractivity contribution in [2.75, 3.05) is 5.73 Å². The van der Waals surface area contributed by atoms with Crippen molar-refractivity contribution in [3.8, 4) is 0 Å². The number of nitrogens with two attached hydrogens (primary N) is 1. The van der Waals surface area contributed by atoms with Crippen molar-refractivity contribution < 1.29 is 4.39 Å². The van der Waals surface area contributed by atoms with E-state index in [2.05, 4.69) is 10.2 Å². The fourth-order valence-corrected chi connectivity index (χ4v) is 2.78. The van der Waals surface area contributed by atoms with Crippen molar-refractivity contribution in [3.63, 3.8) is 0 Å². The molecule has 0 aliphatic heterocycles. The van der Waals surface area contributed by atoms with Gasteiger partial charge in [0.05, 0.1) is 5.02 Å². The van der Waals surface area contributed by atoms with Gasteiger partial charge in [0.1, 0.15) is 5.82 Å². The molecule has 0 bridgehead atoms. The lowest BCUT2D eigenvalue weighted by Crippen LogP contribution is -2.07. The Bertz CT molecular complexity index is 585. The Morgan fingerprint density at radius 3 is 2.79 bits per heavy atom. The number of aromatic nitrogens is 3. The van der Waals surface area contributed by atoms with Crippen molar-refractivity contribution in [1.82, 2.24) is 14.8 Å². The van der Waals surface area contributed by atoms with Crippen LogP contribution in [0.5, 0.6) is 0 Å². The number of anilines is 1. The first-order valence-corrected chi connectivity index (χ1v) is 7.12. The third-order valence-corrected chi connectivity index (χ3v) is 3.88. The molecule has 0 aliphatic rings. The minimum atomic E-state index is -0.412. The summed E-state index contributed by atoms with van der Waals surface area (Å²) in [5.41, 5.74) is 6.59. The highest BCUT2D eigenvalue weighted by molar-refractivity contribution is 7.98. The largest absolute Gasteiger partial charge is 0.368 e. The van der Waals surface area contributed by atoms with Crippen molar-refractivity contribution in [2.24, 2.45) is 0 Å². The lowest BCUT2D eigenvalue weighted by molar-refractivity contribution is 0.557. The van der Waals surface area contributed by atoms with Crippen LogP contribution in [0.25, 0.3) is 0 Å². The summed E-state index contributed by atoms with van der Waals surface area (Å²) in [6.45, 7) is 4.01. The van der Waals surface area contributed by atoms with Crippen LogP contribution in [0.1, 0.15) is 25.5 Å². The highest BCUT2D eigenvalue weighted by Crippen LogP contribution is 2.26. The molecular weight excluding hydrogens is 287 g/mol. The molecule has 102 valence electrons. The van der Waals surface area contributed by atoms with Crippen molar-refractivity contribution >= 4 is 29.3 Å². The molecule has 0 unspecified atom stereocenters. The molecule has 0 saturated carbocycles. The number of halogens is 2. The normalized spacial score (nSPS) is 11.2. The van der Waals surface area contributed by atoms with E-state index in [1.807, 2.05) is 18.4 Å². The predicted molar refractivity (Wildman–Crippen MR) is 75.8 cm³/mol. The van der Waals surface area contributed by atoms with E-state index in [1.165, 1.54) is 17.8 Å². The number of hydrogen-bond acceptors (Lipinski definition) is 4. The molecule has 4 nitrogen and oxygen atoms in total. The van der Waals surface area contributed by atoms with Gasteiger partial charge < -0.3 is 5.73 Å². The second-order valence-electron chi connectivity index (χ2n) is 4.34. The van der Waals surface area contributed by atoms with Gasteiger partial charge in [-0.2, -0.15) is 0 Å². The second kappa shape index (κ2) is 5.79. The lowest BCUT2D eigenvalue weighted by atomic mass is 10.2. The van der Waals surface area contributed by atoms with E-state index in [-0.39, 0.29) is 11.1 Å². The summed E-state index contributed by atoms with van der Waals surface area (Å²) < 4.78 is 15.2. The van der Waals surface area contributed by atoms with Gasteiger partial charge in [0.25, 0.3) is 0 Å². The van der Waals surface area contributed by atoms with Crippen molar-refractivity contribution in [3.05, 3.63) is 34.6 Å². The molecule has 1 heterocycles. The number of rotatable bonds is 4. The minimum Gasteiger partial charge on any atom is -0.368 e. The van der Waals surface area contributed by atoms with E-state index in [4.69, 9.17) is 17.3 Å². The molecule has 2 rings (SSSR count). The van der Waals surface area contributed by atoms with Crippen LogP contribution in [-0.4, -0.2) is 14.8 Å². The van der Waals surface area contributed by atoms with Crippen LogP contribution in [-0.2, 0) is 5.75 Å². The maximum atomic E-state index is 13.3. The van der Waals surface area contributed by atoms with Gasteiger partial charge in [-0.05, 0) is 31.5 Å². The first-order chi connectivity index (χ1) is 8.99. The standard InChI is InChI=1S/C12H14ClFN4S/c1-7(2)18-11(15)16-17-12(18)19-6-8-3-4-9(13)10(14)5-8/h3-5,7H,6H2,1-2H3,(H2,15,16). The monoisotopic (exact) mass is 300 g/mol. The Balaban J connectivity index is 2.12. The SMILES string of the molecule is CC(C)n1c(N)nnc1SCc1ccc(Cl)c(F)c1. The summed E-state index contributed by atoms with van der Waals surface area (Å²) in [5, 5.41) is 8.73. The molecule has 0 fully saturated rings. The van der Waals surface area contributed by atoms with E-state index in [1.54, 1.807) is 12.1 Å². The van der Waals surface area contributed by atoms with Crippen LogP contribution in [0.15, 0.2) is 23.4 Å². The Labute approximate surface area is 120 Å². The molecule has 0 atom stereocenters. The smallest absolute Gasteiger partial charge is 0.222 e. The maximum absolute atomic E-state index is 13.3. The Morgan fingerprint density at radius 2 is 2.16 bits per heavy atom. The molecule has 0 amide bonds. The Kier molecular flexibility index (Phi) is 4.31.